The van der Waals surface area contributed by atoms with Gasteiger partial charge in [0.15, 0.2) is 5.16 Å². The van der Waals surface area contributed by atoms with Gasteiger partial charge in [0.05, 0.1) is 17.5 Å². The van der Waals surface area contributed by atoms with E-state index in [0.717, 1.165) is 11.4 Å². The van der Waals surface area contributed by atoms with Crippen molar-refractivity contribution in [1.29, 1.82) is 0 Å². The highest BCUT2D eigenvalue weighted by Gasteiger charge is 2.08. The van der Waals surface area contributed by atoms with Crippen molar-refractivity contribution in [3.63, 3.8) is 0 Å². The van der Waals surface area contributed by atoms with Crippen LogP contribution in [0.1, 0.15) is 27.5 Å². The smallest absolute Gasteiger partial charge is 0.335 e. The Morgan fingerprint density at radius 2 is 1.93 bits per heavy atom. The van der Waals surface area contributed by atoms with E-state index in [4.69, 9.17) is 9.52 Å². The van der Waals surface area contributed by atoms with E-state index in [-0.39, 0.29) is 17.2 Å². The molecule has 148 valence electrons. The van der Waals surface area contributed by atoms with Crippen molar-refractivity contribution < 1.29 is 19.1 Å². The van der Waals surface area contributed by atoms with Crippen LogP contribution in [0.15, 0.2) is 57.1 Å². The Morgan fingerprint density at radius 3 is 2.66 bits per heavy atom. The maximum absolute atomic E-state index is 11.9. The molecule has 0 unspecified atom stereocenters. The first-order chi connectivity index (χ1) is 13.9. The topological polar surface area (TPSA) is 118 Å². The number of hydrogen-bond acceptors (Lipinski definition) is 7. The first-order valence-electron chi connectivity index (χ1n) is 8.61. The Labute approximate surface area is 171 Å². The van der Waals surface area contributed by atoms with Crippen LogP contribution in [-0.2, 0) is 4.79 Å². The van der Waals surface area contributed by atoms with Gasteiger partial charge in [0, 0.05) is 17.0 Å². The number of furan rings is 1. The second-order valence-electron chi connectivity index (χ2n) is 6.10. The number of carboxylic acid groups (broad SMARTS) is 1. The van der Waals surface area contributed by atoms with Gasteiger partial charge >= 0.3 is 5.97 Å². The zero-order valence-electron chi connectivity index (χ0n) is 15.7. The lowest BCUT2D eigenvalue weighted by Crippen LogP contribution is -2.19. The molecule has 0 spiro atoms. The molecule has 0 fully saturated rings. The van der Waals surface area contributed by atoms with E-state index < -0.39 is 5.97 Å². The molecule has 2 N–H and O–H groups in total. The van der Waals surface area contributed by atoms with Crippen LogP contribution in [0, 0.1) is 13.8 Å². The number of aromatic carboxylic acids is 1. The number of benzene rings is 1. The first-order valence-corrected chi connectivity index (χ1v) is 9.60. The molecule has 0 saturated heterocycles. The molecule has 9 heteroatoms. The number of nitrogens with zero attached hydrogens (tertiary/aromatic N) is 3. The number of carbonyl (C=O) groups excluding carboxylic acids is 1. The third kappa shape index (κ3) is 5.76. The summed E-state index contributed by atoms with van der Waals surface area (Å²) in [6.45, 7) is 3.75. The summed E-state index contributed by atoms with van der Waals surface area (Å²) >= 11 is 1.23. The molecule has 3 rings (SSSR count). The number of aryl methyl sites for hydroxylation is 2. The number of rotatable bonds is 7. The quantitative estimate of drug-likeness (QED) is 0.266. The van der Waals surface area contributed by atoms with Gasteiger partial charge in [-0.3, -0.25) is 4.79 Å². The molecule has 0 aliphatic rings. The van der Waals surface area contributed by atoms with Gasteiger partial charge in [-0.1, -0.05) is 23.9 Å². The standard InChI is InChI=1S/C20H18N4O4S/c1-12-8-13(2)23-20(22-12)29-11-18(25)24-21-10-16-6-7-17(28-16)14-4-3-5-15(9-14)19(26)27/h3-10H,11H2,1-2H3,(H,24,25)(H,26,27)/b21-10+. The van der Waals surface area contributed by atoms with E-state index in [1.165, 1.54) is 30.1 Å². The lowest BCUT2D eigenvalue weighted by molar-refractivity contribution is -0.118. The van der Waals surface area contributed by atoms with Crippen LogP contribution in [-0.4, -0.2) is 38.9 Å². The summed E-state index contributed by atoms with van der Waals surface area (Å²) < 4.78 is 5.62. The van der Waals surface area contributed by atoms with Crippen LogP contribution in [0.25, 0.3) is 11.3 Å². The highest BCUT2D eigenvalue weighted by Crippen LogP contribution is 2.22. The fourth-order valence-electron chi connectivity index (χ4n) is 2.47. The zero-order chi connectivity index (χ0) is 20.8. The van der Waals surface area contributed by atoms with Crippen molar-refractivity contribution in [2.75, 3.05) is 5.75 Å². The molecular weight excluding hydrogens is 392 g/mol. The molecule has 1 amide bonds. The third-order valence-corrected chi connectivity index (χ3v) is 4.54. The third-order valence-electron chi connectivity index (χ3n) is 3.70. The molecule has 2 heterocycles. The van der Waals surface area contributed by atoms with Gasteiger partial charge in [0.1, 0.15) is 11.5 Å². The van der Waals surface area contributed by atoms with Crippen LogP contribution in [0.2, 0.25) is 0 Å². The van der Waals surface area contributed by atoms with Crippen LogP contribution in [0.3, 0.4) is 0 Å². The van der Waals surface area contributed by atoms with Crippen molar-refractivity contribution in [3.8, 4) is 11.3 Å². The van der Waals surface area contributed by atoms with Gasteiger partial charge in [-0.2, -0.15) is 5.10 Å². The Kier molecular flexibility index (Phi) is 6.40. The molecule has 0 aliphatic heterocycles. The summed E-state index contributed by atoms with van der Waals surface area (Å²) in [5, 5.41) is 13.5. The molecule has 3 aromatic rings. The monoisotopic (exact) mass is 410 g/mol. The Hall–Kier alpha value is -3.46. The summed E-state index contributed by atoms with van der Waals surface area (Å²) in [5.41, 5.74) is 4.93. The highest BCUT2D eigenvalue weighted by atomic mass is 32.2. The molecule has 0 bridgehead atoms. The fourth-order valence-corrected chi connectivity index (χ4v) is 3.21. The lowest BCUT2D eigenvalue weighted by Gasteiger charge is -2.02. The molecule has 2 aromatic heterocycles. The minimum absolute atomic E-state index is 0.131. The minimum atomic E-state index is -1.01. The first kappa shape index (κ1) is 20.3. The molecule has 0 atom stereocenters. The van der Waals surface area contributed by atoms with Crippen molar-refractivity contribution in [2.24, 2.45) is 5.10 Å². The van der Waals surface area contributed by atoms with Crippen molar-refractivity contribution in [1.82, 2.24) is 15.4 Å². The maximum Gasteiger partial charge on any atom is 0.335 e. The molecule has 29 heavy (non-hydrogen) atoms. The number of nitrogens with one attached hydrogen (secondary N) is 1. The van der Waals surface area contributed by atoms with Gasteiger partial charge in [-0.15, -0.1) is 0 Å². The summed E-state index contributed by atoms with van der Waals surface area (Å²) in [5.74, 6) is -0.248. The molecule has 1 aromatic carbocycles. The Morgan fingerprint density at radius 1 is 1.17 bits per heavy atom. The number of thioether (sulfide) groups is 1. The van der Waals surface area contributed by atoms with Crippen molar-refractivity contribution >= 4 is 29.9 Å². The molecule has 0 radical (unpaired) electrons. The molecule has 8 nitrogen and oxygen atoms in total. The second-order valence-corrected chi connectivity index (χ2v) is 7.05. The zero-order valence-corrected chi connectivity index (χ0v) is 16.6. The molecule has 0 aliphatic carbocycles. The van der Waals surface area contributed by atoms with E-state index >= 15 is 0 Å². The van der Waals surface area contributed by atoms with Crippen LogP contribution in [0.5, 0.6) is 0 Å². The van der Waals surface area contributed by atoms with E-state index in [2.05, 4.69) is 20.5 Å². The van der Waals surface area contributed by atoms with Crippen LogP contribution in [0.4, 0.5) is 0 Å². The Bertz CT molecular complexity index is 1060. The van der Waals surface area contributed by atoms with Gasteiger partial charge in [-0.05, 0) is 44.2 Å². The maximum atomic E-state index is 11.9. The summed E-state index contributed by atoms with van der Waals surface area (Å²) in [6.07, 6.45) is 1.38. The number of carboxylic acids is 1. The number of carbonyl (C=O) groups is 2. The molecular formula is C20H18N4O4S. The van der Waals surface area contributed by atoms with E-state index in [9.17, 15) is 9.59 Å². The summed E-state index contributed by atoms with van der Waals surface area (Å²) in [4.78, 5) is 31.5. The summed E-state index contributed by atoms with van der Waals surface area (Å²) in [6, 6.07) is 11.7. The average molecular weight is 410 g/mol. The van der Waals surface area contributed by atoms with E-state index in [1.54, 1.807) is 24.3 Å². The van der Waals surface area contributed by atoms with E-state index in [1.807, 2.05) is 19.9 Å². The van der Waals surface area contributed by atoms with Gasteiger partial charge in [0.2, 0.25) is 0 Å². The Balaban J connectivity index is 1.55. The van der Waals surface area contributed by atoms with Crippen LogP contribution < -0.4 is 5.43 Å². The number of amides is 1. The van der Waals surface area contributed by atoms with Crippen molar-refractivity contribution in [3.05, 3.63) is 65.2 Å². The average Bonchev–Trinajstić information content (AvgIpc) is 3.15. The van der Waals surface area contributed by atoms with Gasteiger partial charge in [0.25, 0.3) is 5.91 Å². The normalized spacial score (nSPS) is 11.0. The SMILES string of the molecule is Cc1cc(C)nc(SCC(=O)N/N=C/c2ccc(-c3cccc(C(=O)O)c3)o2)n1. The second kappa shape index (κ2) is 9.16. The largest absolute Gasteiger partial charge is 0.478 e. The number of hydrogen-bond donors (Lipinski definition) is 2. The predicted molar refractivity (Wildman–Crippen MR) is 109 cm³/mol. The van der Waals surface area contributed by atoms with Crippen molar-refractivity contribution in [2.45, 2.75) is 19.0 Å². The van der Waals surface area contributed by atoms with Crippen LogP contribution >= 0.6 is 11.8 Å². The fraction of sp³-hybridized carbons (Fsp3) is 0.150. The van der Waals surface area contributed by atoms with E-state index in [0.29, 0.717) is 22.2 Å². The number of hydrazone groups is 1. The van der Waals surface area contributed by atoms with Gasteiger partial charge in [-0.25, -0.2) is 20.2 Å². The molecule has 0 saturated carbocycles. The highest BCUT2D eigenvalue weighted by molar-refractivity contribution is 7.99. The predicted octanol–water partition coefficient (Wildman–Crippen LogP) is 3.29. The number of aromatic nitrogens is 2. The minimum Gasteiger partial charge on any atom is -0.478 e. The summed E-state index contributed by atoms with van der Waals surface area (Å²) in [7, 11) is 0. The van der Waals surface area contributed by atoms with Gasteiger partial charge < -0.3 is 9.52 Å². The lowest BCUT2D eigenvalue weighted by atomic mass is 10.1.